The second kappa shape index (κ2) is 9.55. The van der Waals surface area contributed by atoms with Crippen LogP contribution in [0.5, 0.6) is 11.5 Å². The van der Waals surface area contributed by atoms with Crippen LogP contribution in [0, 0.1) is 0 Å². The lowest BCUT2D eigenvalue weighted by Gasteiger charge is -2.16. The van der Waals surface area contributed by atoms with Crippen LogP contribution >= 0.6 is 0 Å². The molecule has 0 fully saturated rings. The molecule has 0 aliphatic heterocycles. The maximum atomic E-state index is 12.0. The lowest BCUT2D eigenvalue weighted by atomic mass is 10.1. The highest BCUT2D eigenvalue weighted by molar-refractivity contribution is 5.85. The number of ether oxygens (including phenoxy) is 2. The van der Waals surface area contributed by atoms with E-state index in [-0.39, 0.29) is 5.91 Å². The molecule has 2 amide bonds. The summed E-state index contributed by atoms with van der Waals surface area (Å²) >= 11 is 0. The Labute approximate surface area is 136 Å². The minimum Gasteiger partial charge on any atom is -0.493 e. The standard InChI is InChI=1S/C16H24N2O5/c1-4-5-12(18-16(20)21)15(19)17-9-8-11-6-7-13(22-2)14(10-11)23-3/h6-7,10,12,18H,4-5,8-9H2,1-3H3,(H,17,19)(H,20,21). The molecule has 128 valence electrons. The summed E-state index contributed by atoms with van der Waals surface area (Å²) in [5, 5.41) is 13.7. The molecule has 0 spiro atoms. The summed E-state index contributed by atoms with van der Waals surface area (Å²) in [4.78, 5) is 22.7. The normalized spacial score (nSPS) is 11.4. The molecule has 0 aromatic heterocycles. The Bertz CT molecular complexity index is 533. The first-order valence-electron chi connectivity index (χ1n) is 7.49. The van der Waals surface area contributed by atoms with Crippen LogP contribution in [-0.2, 0) is 11.2 Å². The summed E-state index contributed by atoms with van der Waals surface area (Å²) < 4.78 is 10.4. The van der Waals surface area contributed by atoms with Gasteiger partial charge in [0.15, 0.2) is 11.5 Å². The SMILES string of the molecule is CCCC(NC(=O)O)C(=O)NCCc1ccc(OC)c(OC)c1. The lowest BCUT2D eigenvalue weighted by Crippen LogP contribution is -2.46. The van der Waals surface area contributed by atoms with E-state index in [1.807, 2.05) is 25.1 Å². The molecule has 0 heterocycles. The van der Waals surface area contributed by atoms with Gasteiger partial charge in [-0.3, -0.25) is 4.79 Å². The molecule has 1 unspecified atom stereocenters. The highest BCUT2D eigenvalue weighted by atomic mass is 16.5. The van der Waals surface area contributed by atoms with E-state index >= 15 is 0 Å². The molecule has 1 rings (SSSR count). The fraction of sp³-hybridized carbons (Fsp3) is 0.500. The topological polar surface area (TPSA) is 96.9 Å². The fourth-order valence-electron chi connectivity index (χ4n) is 2.20. The van der Waals surface area contributed by atoms with Crippen LogP contribution in [0.4, 0.5) is 4.79 Å². The third-order valence-corrected chi connectivity index (χ3v) is 3.35. The van der Waals surface area contributed by atoms with Gasteiger partial charge < -0.3 is 25.2 Å². The van der Waals surface area contributed by atoms with Crippen LogP contribution in [0.3, 0.4) is 0 Å². The number of carbonyl (C=O) groups excluding carboxylic acids is 1. The molecule has 3 N–H and O–H groups in total. The third-order valence-electron chi connectivity index (χ3n) is 3.35. The van der Waals surface area contributed by atoms with E-state index in [4.69, 9.17) is 14.6 Å². The zero-order valence-electron chi connectivity index (χ0n) is 13.7. The summed E-state index contributed by atoms with van der Waals surface area (Å²) in [5.41, 5.74) is 0.987. The first kappa shape index (κ1) is 18.6. The minimum absolute atomic E-state index is 0.310. The summed E-state index contributed by atoms with van der Waals surface area (Å²) in [6.45, 7) is 2.31. The van der Waals surface area contributed by atoms with E-state index in [1.54, 1.807) is 14.2 Å². The van der Waals surface area contributed by atoms with E-state index in [0.717, 1.165) is 5.56 Å². The number of methoxy groups -OCH3 is 2. The summed E-state index contributed by atoms with van der Waals surface area (Å²) in [7, 11) is 3.14. The van der Waals surface area contributed by atoms with Gasteiger partial charge in [0.1, 0.15) is 6.04 Å². The summed E-state index contributed by atoms with van der Waals surface area (Å²) in [5.74, 6) is 0.969. The first-order chi connectivity index (χ1) is 11.0. The van der Waals surface area contributed by atoms with Crippen molar-refractivity contribution in [3.63, 3.8) is 0 Å². The van der Waals surface area contributed by atoms with E-state index in [0.29, 0.717) is 37.3 Å². The Kier molecular flexibility index (Phi) is 7.73. The van der Waals surface area contributed by atoms with Gasteiger partial charge in [-0.15, -0.1) is 0 Å². The Balaban J connectivity index is 2.54. The molecule has 0 bridgehead atoms. The van der Waals surface area contributed by atoms with Crippen LogP contribution in [0.1, 0.15) is 25.3 Å². The van der Waals surface area contributed by atoms with Crippen LogP contribution in [0.15, 0.2) is 18.2 Å². The maximum Gasteiger partial charge on any atom is 0.405 e. The van der Waals surface area contributed by atoms with E-state index in [9.17, 15) is 9.59 Å². The molecule has 1 atom stereocenters. The van der Waals surface area contributed by atoms with Crippen molar-refractivity contribution in [1.82, 2.24) is 10.6 Å². The second-order valence-corrected chi connectivity index (χ2v) is 5.02. The second-order valence-electron chi connectivity index (χ2n) is 5.02. The van der Waals surface area contributed by atoms with Gasteiger partial charge in [-0.2, -0.15) is 0 Å². The Morgan fingerprint density at radius 2 is 1.91 bits per heavy atom. The number of rotatable bonds is 9. The van der Waals surface area contributed by atoms with Gasteiger partial charge in [0.2, 0.25) is 5.91 Å². The van der Waals surface area contributed by atoms with Crippen LogP contribution < -0.4 is 20.1 Å². The highest BCUT2D eigenvalue weighted by Crippen LogP contribution is 2.27. The Morgan fingerprint density at radius 1 is 1.22 bits per heavy atom. The number of carbonyl (C=O) groups is 2. The molecule has 0 aliphatic rings. The number of benzene rings is 1. The number of amides is 2. The lowest BCUT2D eigenvalue weighted by molar-refractivity contribution is -0.123. The predicted octanol–water partition coefficient (Wildman–Crippen LogP) is 1.80. The molecule has 0 saturated carbocycles. The maximum absolute atomic E-state index is 12.0. The monoisotopic (exact) mass is 324 g/mol. The summed E-state index contributed by atoms with van der Waals surface area (Å²) in [6.07, 6.45) is 0.596. The molecule has 0 radical (unpaired) electrons. The van der Waals surface area contributed by atoms with Crippen LogP contribution in [0.2, 0.25) is 0 Å². The number of nitrogens with one attached hydrogen (secondary N) is 2. The van der Waals surface area contributed by atoms with Crippen LogP contribution in [-0.4, -0.2) is 43.9 Å². The zero-order chi connectivity index (χ0) is 17.2. The van der Waals surface area contributed by atoms with Gasteiger partial charge in [-0.05, 0) is 30.5 Å². The Morgan fingerprint density at radius 3 is 2.48 bits per heavy atom. The molecule has 1 aromatic rings. The van der Waals surface area contributed by atoms with E-state index in [2.05, 4.69) is 10.6 Å². The van der Waals surface area contributed by atoms with Crippen molar-refractivity contribution in [2.45, 2.75) is 32.2 Å². The highest BCUT2D eigenvalue weighted by Gasteiger charge is 2.18. The van der Waals surface area contributed by atoms with Gasteiger partial charge in [0.25, 0.3) is 0 Å². The van der Waals surface area contributed by atoms with E-state index in [1.165, 1.54) is 0 Å². The quantitative estimate of drug-likeness (QED) is 0.643. The van der Waals surface area contributed by atoms with Crippen molar-refractivity contribution in [3.8, 4) is 11.5 Å². The largest absolute Gasteiger partial charge is 0.493 e. The number of hydrogen-bond donors (Lipinski definition) is 3. The van der Waals surface area contributed by atoms with Gasteiger partial charge in [-0.1, -0.05) is 19.4 Å². The van der Waals surface area contributed by atoms with Gasteiger partial charge in [-0.25, -0.2) is 4.79 Å². The molecule has 7 nitrogen and oxygen atoms in total. The predicted molar refractivity (Wildman–Crippen MR) is 86.1 cm³/mol. The average molecular weight is 324 g/mol. The molecular weight excluding hydrogens is 300 g/mol. The van der Waals surface area contributed by atoms with Crippen molar-refractivity contribution in [2.75, 3.05) is 20.8 Å². The van der Waals surface area contributed by atoms with Gasteiger partial charge in [0, 0.05) is 6.54 Å². The first-order valence-corrected chi connectivity index (χ1v) is 7.49. The van der Waals surface area contributed by atoms with Gasteiger partial charge >= 0.3 is 6.09 Å². The minimum atomic E-state index is -1.20. The smallest absolute Gasteiger partial charge is 0.405 e. The van der Waals surface area contributed by atoms with Gasteiger partial charge in [0.05, 0.1) is 14.2 Å². The molecule has 0 aliphatic carbocycles. The van der Waals surface area contributed by atoms with Crippen molar-refractivity contribution >= 4 is 12.0 Å². The summed E-state index contributed by atoms with van der Waals surface area (Å²) in [6, 6.07) is 4.83. The van der Waals surface area contributed by atoms with Crippen LogP contribution in [0.25, 0.3) is 0 Å². The molecule has 23 heavy (non-hydrogen) atoms. The zero-order valence-corrected chi connectivity index (χ0v) is 13.7. The van der Waals surface area contributed by atoms with Crippen molar-refractivity contribution in [2.24, 2.45) is 0 Å². The molecular formula is C16H24N2O5. The molecule has 1 aromatic carbocycles. The fourth-order valence-corrected chi connectivity index (χ4v) is 2.20. The van der Waals surface area contributed by atoms with Crippen molar-refractivity contribution < 1.29 is 24.2 Å². The average Bonchev–Trinajstić information content (AvgIpc) is 2.53. The van der Waals surface area contributed by atoms with E-state index < -0.39 is 12.1 Å². The molecule has 7 heteroatoms. The van der Waals surface area contributed by atoms with Crippen molar-refractivity contribution in [3.05, 3.63) is 23.8 Å². The number of carboxylic acid groups (broad SMARTS) is 1. The molecule has 0 saturated heterocycles. The van der Waals surface area contributed by atoms with Crippen molar-refractivity contribution in [1.29, 1.82) is 0 Å². The number of hydrogen-bond acceptors (Lipinski definition) is 4. The Hall–Kier alpha value is -2.44. The third kappa shape index (κ3) is 6.06.